The molecule has 0 spiro atoms. The molecule has 0 saturated heterocycles. The maximum atomic E-state index is 12.0. The highest BCUT2D eigenvalue weighted by Gasteiger charge is 2.26. The summed E-state index contributed by atoms with van der Waals surface area (Å²) >= 11 is 3.34. The highest BCUT2D eigenvalue weighted by atomic mass is 79.9. The number of aliphatic carboxylic acids is 1. The monoisotopic (exact) mass is 326 g/mol. The maximum absolute atomic E-state index is 12.0. The number of carboxylic acids is 1. The van der Waals surface area contributed by atoms with Crippen molar-refractivity contribution in [2.75, 3.05) is 0 Å². The Morgan fingerprint density at radius 2 is 1.84 bits per heavy atom. The third kappa shape index (κ3) is 5.15. The van der Waals surface area contributed by atoms with Gasteiger partial charge in [-0.25, -0.2) is 0 Å². The molecule has 1 N–H and O–H groups in total. The Bertz CT molecular complexity index is 439. The van der Waals surface area contributed by atoms with Crippen molar-refractivity contribution in [3.05, 3.63) is 34.3 Å². The van der Waals surface area contributed by atoms with Crippen LogP contribution in [0.4, 0.5) is 0 Å². The van der Waals surface area contributed by atoms with E-state index in [-0.39, 0.29) is 18.1 Å². The average Bonchev–Trinajstić information content (AvgIpc) is 2.37. The van der Waals surface area contributed by atoms with E-state index in [0.717, 1.165) is 16.5 Å². The number of halogens is 1. The van der Waals surface area contributed by atoms with Gasteiger partial charge in [0.2, 0.25) is 0 Å². The van der Waals surface area contributed by atoms with E-state index >= 15 is 0 Å². The average molecular weight is 327 g/mol. The van der Waals surface area contributed by atoms with E-state index in [2.05, 4.69) is 15.9 Å². The van der Waals surface area contributed by atoms with Crippen molar-refractivity contribution in [2.45, 2.75) is 33.1 Å². The molecule has 0 heterocycles. The fraction of sp³-hybridized carbons (Fsp3) is 0.467. The number of rotatable bonds is 7. The van der Waals surface area contributed by atoms with Crippen LogP contribution >= 0.6 is 15.9 Å². The lowest BCUT2D eigenvalue weighted by Gasteiger charge is -2.17. The van der Waals surface area contributed by atoms with E-state index < -0.39 is 11.9 Å². The summed E-state index contributed by atoms with van der Waals surface area (Å²) in [7, 11) is 0. The van der Waals surface area contributed by atoms with Gasteiger partial charge in [0.25, 0.3) is 0 Å². The molecule has 0 bridgehead atoms. The second-order valence-electron chi connectivity index (χ2n) is 4.88. The number of ketones is 1. The van der Waals surface area contributed by atoms with Gasteiger partial charge in [0.1, 0.15) is 5.78 Å². The molecule has 1 aromatic carbocycles. The van der Waals surface area contributed by atoms with E-state index in [1.54, 1.807) is 0 Å². The Morgan fingerprint density at radius 1 is 1.26 bits per heavy atom. The van der Waals surface area contributed by atoms with Crippen LogP contribution < -0.4 is 0 Å². The standard InChI is InChI=1S/C15H19BrO3/c1-3-10(2)14(15(18)19)9-13(17)8-11-4-6-12(16)7-5-11/h4-7,10,14H,3,8-9H2,1-2H3,(H,18,19)/t10-,14-/m0/s1. The second-order valence-corrected chi connectivity index (χ2v) is 5.79. The zero-order valence-electron chi connectivity index (χ0n) is 11.2. The van der Waals surface area contributed by atoms with Crippen LogP contribution in [0.1, 0.15) is 32.3 Å². The van der Waals surface area contributed by atoms with Gasteiger partial charge in [0, 0.05) is 17.3 Å². The summed E-state index contributed by atoms with van der Waals surface area (Å²) in [5.74, 6) is -1.45. The van der Waals surface area contributed by atoms with Crippen LogP contribution in [0.25, 0.3) is 0 Å². The van der Waals surface area contributed by atoms with Crippen LogP contribution in [0, 0.1) is 11.8 Å². The highest BCUT2D eigenvalue weighted by Crippen LogP contribution is 2.21. The quantitative estimate of drug-likeness (QED) is 0.831. The first-order chi connectivity index (χ1) is 8.93. The number of carboxylic acid groups (broad SMARTS) is 1. The maximum Gasteiger partial charge on any atom is 0.307 e. The molecule has 0 fully saturated rings. The minimum Gasteiger partial charge on any atom is -0.481 e. The summed E-state index contributed by atoms with van der Waals surface area (Å²) < 4.78 is 0.965. The smallest absolute Gasteiger partial charge is 0.307 e. The normalized spacial score (nSPS) is 13.8. The molecule has 0 radical (unpaired) electrons. The van der Waals surface area contributed by atoms with Crippen LogP contribution in [0.2, 0.25) is 0 Å². The summed E-state index contributed by atoms with van der Waals surface area (Å²) in [5, 5.41) is 9.17. The molecule has 19 heavy (non-hydrogen) atoms. The number of carbonyl (C=O) groups is 2. The third-order valence-electron chi connectivity index (χ3n) is 3.41. The zero-order valence-corrected chi connectivity index (χ0v) is 12.8. The van der Waals surface area contributed by atoms with Crippen LogP contribution in [0.3, 0.4) is 0 Å². The van der Waals surface area contributed by atoms with Gasteiger partial charge in [0.05, 0.1) is 5.92 Å². The van der Waals surface area contributed by atoms with Crippen LogP contribution in [-0.2, 0) is 16.0 Å². The fourth-order valence-electron chi connectivity index (χ4n) is 1.96. The van der Waals surface area contributed by atoms with E-state index in [4.69, 9.17) is 5.11 Å². The third-order valence-corrected chi connectivity index (χ3v) is 3.94. The van der Waals surface area contributed by atoms with Crippen molar-refractivity contribution in [2.24, 2.45) is 11.8 Å². The van der Waals surface area contributed by atoms with Gasteiger partial charge in [-0.2, -0.15) is 0 Å². The van der Waals surface area contributed by atoms with E-state index in [1.165, 1.54) is 0 Å². The minimum absolute atomic E-state index is 0.0185. The molecular weight excluding hydrogens is 308 g/mol. The summed E-state index contributed by atoms with van der Waals surface area (Å²) in [6, 6.07) is 7.51. The lowest BCUT2D eigenvalue weighted by Crippen LogP contribution is -2.25. The van der Waals surface area contributed by atoms with Gasteiger partial charge >= 0.3 is 5.97 Å². The number of hydrogen-bond donors (Lipinski definition) is 1. The molecule has 0 unspecified atom stereocenters. The number of benzene rings is 1. The Balaban J connectivity index is 2.62. The lowest BCUT2D eigenvalue weighted by molar-refractivity contribution is -0.145. The topological polar surface area (TPSA) is 54.4 Å². The lowest BCUT2D eigenvalue weighted by atomic mass is 9.86. The molecule has 0 aliphatic heterocycles. The van der Waals surface area contributed by atoms with Crippen molar-refractivity contribution < 1.29 is 14.7 Å². The number of carbonyl (C=O) groups excluding carboxylic acids is 1. The van der Waals surface area contributed by atoms with E-state index in [1.807, 2.05) is 38.1 Å². The molecular formula is C15H19BrO3. The zero-order chi connectivity index (χ0) is 14.4. The molecule has 1 aromatic rings. The van der Waals surface area contributed by atoms with Crippen molar-refractivity contribution in [1.82, 2.24) is 0 Å². The molecule has 0 aromatic heterocycles. The SMILES string of the molecule is CC[C@H](C)[C@H](CC(=O)Cc1ccc(Br)cc1)C(=O)O. The first kappa shape index (κ1) is 15.9. The van der Waals surface area contributed by atoms with Gasteiger partial charge in [0.15, 0.2) is 0 Å². The van der Waals surface area contributed by atoms with E-state index in [0.29, 0.717) is 6.42 Å². The molecule has 104 valence electrons. The first-order valence-corrected chi connectivity index (χ1v) is 7.22. The summed E-state index contributed by atoms with van der Waals surface area (Å²) in [6.45, 7) is 3.82. The van der Waals surface area contributed by atoms with E-state index in [9.17, 15) is 9.59 Å². The number of hydrogen-bond acceptors (Lipinski definition) is 2. The Hall–Kier alpha value is -1.16. The number of Topliss-reactive ketones (excluding diaryl/α,β-unsaturated/α-hetero) is 1. The summed E-state index contributed by atoms with van der Waals surface area (Å²) in [5.41, 5.74) is 0.918. The predicted molar refractivity (Wildman–Crippen MR) is 78.1 cm³/mol. The van der Waals surface area contributed by atoms with Gasteiger partial charge in [-0.1, -0.05) is 48.3 Å². The fourth-order valence-corrected chi connectivity index (χ4v) is 2.23. The van der Waals surface area contributed by atoms with Crippen LogP contribution in [-0.4, -0.2) is 16.9 Å². The Kier molecular flexibility index (Phi) is 6.22. The van der Waals surface area contributed by atoms with Crippen molar-refractivity contribution in [3.8, 4) is 0 Å². The molecule has 1 rings (SSSR count). The molecule has 3 nitrogen and oxygen atoms in total. The molecule has 0 amide bonds. The highest BCUT2D eigenvalue weighted by molar-refractivity contribution is 9.10. The second kappa shape index (κ2) is 7.43. The summed E-state index contributed by atoms with van der Waals surface area (Å²) in [4.78, 5) is 23.1. The largest absolute Gasteiger partial charge is 0.481 e. The molecule has 0 aliphatic rings. The van der Waals surface area contributed by atoms with Crippen molar-refractivity contribution in [1.29, 1.82) is 0 Å². The van der Waals surface area contributed by atoms with Gasteiger partial charge in [-0.15, -0.1) is 0 Å². The van der Waals surface area contributed by atoms with Crippen molar-refractivity contribution in [3.63, 3.8) is 0 Å². The summed E-state index contributed by atoms with van der Waals surface area (Å²) in [6.07, 6.45) is 1.18. The molecule has 0 aliphatic carbocycles. The van der Waals surface area contributed by atoms with Crippen molar-refractivity contribution >= 4 is 27.7 Å². The first-order valence-electron chi connectivity index (χ1n) is 6.43. The molecule has 2 atom stereocenters. The Labute approximate surface area is 122 Å². The van der Waals surface area contributed by atoms with Gasteiger partial charge < -0.3 is 5.11 Å². The Morgan fingerprint density at radius 3 is 2.32 bits per heavy atom. The minimum atomic E-state index is -0.876. The van der Waals surface area contributed by atoms with Crippen LogP contribution in [0.15, 0.2) is 28.7 Å². The van der Waals surface area contributed by atoms with Gasteiger partial charge in [-0.05, 0) is 23.6 Å². The molecule has 0 saturated carbocycles. The predicted octanol–water partition coefficient (Wildman–Crippen LogP) is 3.70. The molecule has 4 heteroatoms. The van der Waals surface area contributed by atoms with Crippen LogP contribution in [0.5, 0.6) is 0 Å². The van der Waals surface area contributed by atoms with Gasteiger partial charge in [-0.3, -0.25) is 9.59 Å².